The largest absolute Gasteiger partial charge is 0.456 e. The predicted octanol–water partition coefficient (Wildman–Crippen LogP) is 13.4. The van der Waals surface area contributed by atoms with E-state index in [-0.39, 0.29) is 29.7 Å². The Balaban J connectivity index is 1.01. The number of hydrogen-bond donors (Lipinski definition) is 0. The molecule has 10 rings (SSSR count). The fraction of sp³-hybridized carbons (Fsp3) is 0. The summed E-state index contributed by atoms with van der Waals surface area (Å²) in [5, 5.41) is 1.83. The van der Waals surface area contributed by atoms with E-state index in [2.05, 4.69) is 91.0 Å². The van der Waals surface area contributed by atoms with Gasteiger partial charge in [0.25, 0.3) is 0 Å². The quantitative estimate of drug-likeness (QED) is 0.165. The van der Waals surface area contributed by atoms with Gasteiger partial charge in [0.05, 0.1) is 6.85 Å². The lowest BCUT2D eigenvalue weighted by atomic mass is 9.97. The summed E-state index contributed by atoms with van der Waals surface area (Å²) in [7, 11) is 0. The second-order valence-corrected chi connectivity index (χ2v) is 13.3. The Morgan fingerprint density at radius 3 is 1.40 bits per heavy atom. The van der Waals surface area contributed by atoms with Crippen molar-refractivity contribution in [1.29, 1.82) is 0 Å². The minimum absolute atomic E-state index is 0.137. The fourth-order valence-electron chi connectivity index (χ4n) is 7.05. The molecule has 8 aromatic carbocycles. The summed E-state index contributed by atoms with van der Waals surface area (Å²) in [5.74, 6) is 1.39. The monoisotopic (exact) mass is 708 g/mol. The van der Waals surface area contributed by atoms with Crippen molar-refractivity contribution in [1.82, 2.24) is 15.0 Å². The van der Waals surface area contributed by atoms with Crippen molar-refractivity contribution in [3.8, 4) is 78.7 Å². The molecule has 0 fully saturated rings. The number of rotatable bonds is 7. The van der Waals surface area contributed by atoms with Crippen molar-refractivity contribution in [2.45, 2.75) is 0 Å². The van der Waals surface area contributed by atoms with Gasteiger partial charge in [0, 0.05) is 27.5 Å². The molecule has 4 heteroatoms. The lowest BCUT2D eigenvalue weighted by Gasteiger charge is -2.10. The van der Waals surface area contributed by atoms with Crippen LogP contribution in [0.4, 0.5) is 0 Å². The van der Waals surface area contributed by atoms with Gasteiger partial charge < -0.3 is 4.42 Å². The maximum Gasteiger partial charge on any atom is 0.164 e. The van der Waals surface area contributed by atoms with E-state index in [4.69, 9.17) is 26.2 Å². The third kappa shape index (κ3) is 6.26. The Morgan fingerprint density at radius 1 is 0.345 bits per heavy atom. The van der Waals surface area contributed by atoms with Gasteiger partial charge in [-0.25, -0.2) is 15.0 Å². The van der Waals surface area contributed by atoms with Crippen LogP contribution in [0.3, 0.4) is 0 Å². The molecule has 0 saturated heterocycles. The number of nitrogens with zero attached hydrogens (tertiary/aromatic N) is 3. The maximum atomic E-state index is 8.45. The number of hydrogen-bond acceptors (Lipinski definition) is 4. The highest BCUT2D eigenvalue weighted by Gasteiger charge is 2.18. The van der Waals surface area contributed by atoms with E-state index in [0.29, 0.717) is 34.2 Å². The van der Waals surface area contributed by atoms with Crippen LogP contribution < -0.4 is 0 Å². The SMILES string of the molecule is [2H]c1c([2H])c([2H])c(-c2ccc(-c3nc(-c4ccccc4)nc(-c4cccc5oc6cc(-c7ccc(-c8ccc(-c9ccccc9)cc8)cc7)ccc6c45)n3)cc2)c([2H])c1[2H]. The van der Waals surface area contributed by atoms with Gasteiger partial charge in [0.2, 0.25) is 0 Å². The van der Waals surface area contributed by atoms with Crippen LogP contribution >= 0.6 is 0 Å². The van der Waals surface area contributed by atoms with E-state index >= 15 is 0 Å². The molecule has 0 saturated carbocycles. The standard InChI is InChI=1S/C51H33N3O/c1-4-11-34(12-5-1)36-19-21-38(22-20-36)39-23-25-40(26-24-39)43-31-32-44-47(33-43)55-46-18-10-17-45(48(44)46)51-53-49(41-15-8-3-9-16-41)52-50(54-51)42-29-27-37(28-30-42)35-13-6-2-7-14-35/h1-33H/i2D,6D,7D,13D,14D. The topological polar surface area (TPSA) is 51.8 Å². The molecular weight excluding hydrogens is 671 g/mol. The average Bonchev–Trinajstić information content (AvgIpc) is 3.69. The van der Waals surface area contributed by atoms with Gasteiger partial charge in [0.15, 0.2) is 17.5 Å². The fourth-order valence-corrected chi connectivity index (χ4v) is 7.05. The average molecular weight is 709 g/mol. The second-order valence-electron chi connectivity index (χ2n) is 13.3. The summed E-state index contributed by atoms with van der Waals surface area (Å²) < 4.78 is 47.7. The molecule has 0 bridgehead atoms. The van der Waals surface area contributed by atoms with Crippen molar-refractivity contribution in [2.24, 2.45) is 0 Å². The van der Waals surface area contributed by atoms with Crippen LogP contribution in [0.2, 0.25) is 0 Å². The van der Waals surface area contributed by atoms with Gasteiger partial charge >= 0.3 is 0 Å². The molecule has 4 nitrogen and oxygen atoms in total. The second kappa shape index (κ2) is 13.8. The molecule has 0 atom stereocenters. The first-order valence-corrected chi connectivity index (χ1v) is 18.0. The van der Waals surface area contributed by atoms with Crippen LogP contribution in [-0.2, 0) is 0 Å². The highest BCUT2D eigenvalue weighted by molar-refractivity contribution is 6.12. The number of benzene rings is 8. The van der Waals surface area contributed by atoms with E-state index in [1.165, 1.54) is 11.1 Å². The molecule has 55 heavy (non-hydrogen) atoms. The van der Waals surface area contributed by atoms with E-state index in [9.17, 15) is 0 Å². The molecule has 0 aliphatic carbocycles. The molecule has 0 aliphatic rings. The predicted molar refractivity (Wildman–Crippen MR) is 225 cm³/mol. The summed E-state index contributed by atoms with van der Waals surface area (Å²) in [4.78, 5) is 14.9. The third-order valence-electron chi connectivity index (χ3n) is 9.88. The van der Waals surface area contributed by atoms with Crippen LogP contribution in [0.15, 0.2) is 204 Å². The summed E-state index contributed by atoms with van der Waals surface area (Å²) in [6, 6.07) is 54.9. The van der Waals surface area contributed by atoms with Gasteiger partial charge in [-0.3, -0.25) is 0 Å². The molecule has 0 aliphatic heterocycles. The minimum atomic E-state index is -0.426. The zero-order chi connectivity index (χ0) is 40.9. The Kier molecular flexibility index (Phi) is 6.85. The zero-order valence-electron chi connectivity index (χ0n) is 34.4. The van der Waals surface area contributed by atoms with Gasteiger partial charge in [-0.05, 0) is 62.7 Å². The molecule has 10 aromatic rings. The van der Waals surface area contributed by atoms with Crippen molar-refractivity contribution in [3.05, 3.63) is 200 Å². The molecule has 2 aromatic heterocycles. The van der Waals surface area contributed by atoms with Crippen molar-refractivity contribution in [2.75, 3.05) is 0 Å². The molecule has 0 amide bonds. The van der Waals surface area contributed by atoms with Crippen LogP contribution in [-0.4, -0.2) is 15.0 Å². The zero-order valence-corrected chi connectivity index (χ0v) is 29.4. The Labute approximate surface area is 326 Å². The maximum absolute atomic E-state index is 8.45. The number of aromatic nitrogens is 3. The van der Waals surface area contributed by atoms with Gasteiger partial charge in [0.1, 0.15) is 11.2 Å². The molecule has 2 heterocycles. The lowest BCUT2D eigenvalue weighted by Crippen LogP contribution is -2.00. The highest BCUT2D eigenvalue weighted by atomic mass is 16.3. The minimum Gasteiger partial charge on any atom is -0.456 e. The Hall–Kier alpha value is -7.43. The number of furan rings is 1. The van der Waals surface area contributed by atoms with Gasteiger partial charge in [-0.15, -0.1) is 0 Å². The van der Waals surface area contributed by atoms with Crippen LogP contribution in [0, 0.1) is 0 Å². The smallest absolute Gasteiger partial charge is 0.164 e. The summed E-state index contributed by atoms with van der Waals surface area (Å²) in [6.07, 6.45) is 0. The van der Waals surface area contributed by atoms with E-state index in [0.717, 1.165) is 49.7 Å². The van der Waals surface area contributed by atoms with Crippen molar-refractivity contribution in [3.63, 3.8) is 0 Å². The van der Waals surface area contributed by atoms with Crippen molar-refractivity contribution < 1.29 is 11.3 Å². The Bertz CT molecular complexity index is 3200. The summed E-state index contributed by atoms with van der Waals surface area (Å²) in [6.45, 7) is 0. The first-order chi connectivity index (χ1) is 29.3. The number of fused-ring (bicyclic) bond motifs is 3. The first-order valence-electron chi connectivity index (χ1n) is 20.5. The van der Waals surface area contributed by atoms with Crippen molar-refractivity contribution >= 4 is 21.9 Å². The summed E-state index contributed by atoms with van der Waals surface area (Å²) >= 11 is 0. The van der Waals surface area contributed by atoms with E-state index in [1.807, 2.05) is 54.6 Å². The molecular formula is C51H33N3O. The van der Waals surface area contributed by atoms with Crippen LogP contribution in [0.1, 0.15) is 6.85 Å². The van der Waals surface area contributed by atoms with Crippen LogP contribution in [0.5, 0.6) is 0 Å². The lowest BCUT2D eigenvalue weighted by molar-refractivity contribution is 0.669. The third-order valence-corrected chi connectivity index (χ3v) is 9.88. The molecule has 258 valence electrons. The summed E-state index contributed by atoms with van der Waals surface area (Å²) in [5.41, 5.74) is 11.2. The van der Waals surface area contributed by atoms with Crippen LogP contribution in [0.25, 0.3) is 101 Å². The van der Waals surface area contributed by atoms with E-state index in [1.54, 1.807) is 24.3 Å². The van der Waals surface area contributed by atoms with Gasteiger partial charge in [-0.2, -0.15) is 0 Å². The van der Waals surface area contributed by atoms with E-state index < -0.39 is 6.04 Å². The molecule has 0 spiro atoms. The Morgan fingerprint density at radius 2 is 0.800 bits per heavy atom. The normalized spacial score (nSPS) is 12.5. The molecule has 0 N–H and O–H groups in total. The highest BCUT2D eigenvalue weighted by Crippen LogP contribution is 2.39. The molecule has 0 unspecified atom stereocenters. The first kappa shape index (κ1) is 27.2. The van der Waals surface area contributed by atoms with Gasteiger partial charge in [-0.1, -0.05) is 182 Å². The molecule has 0 radical (unpaired) electrons.